The van der Waals surface area contributed by atoms with Crippen molar-refractivity contribution in [3.05, 3.63) is 85.1 Å². The topological polar surface area (TPSA) is 172 Å². The van der Waals surface area contributed by atoms with Gasteiger partial charge < -0.3 is 24.7 Å². The third kappa shape index (κ3) is 8.02. The van der Waals surface area contributed by atoms with Crippen LogP contribution in [0.2, 0.25) is 0 Å². The average molecular weight is 610 g/mol. The molecule has 0 saturated carbocycles. The second-order valence-electron chi connectivity index (χ2n) is 8.87. The van der Waals surface area contributed by atoms with E-state index in [-0.39, 0.29) is 35.0 Å². The fraction of sp³-hybridized carbons (Fsp3) is 0.179. The van der Waals surface area contributed by atoms with E-state index in [0.717, 1.165) is 0 Å². The number of amides is 1. The van der Waals surface area contributed by atoms with Crippen LogP contribution in [0.5, 0.6) is 0 Å². The average Bonchev–Trinajstić information content (AvgIpc) is 2.98. The number of aromatic nitrogens is 2. The van der Waals surface area contributed by atoms with Gasteiger partial charge in [-0.2, -0.15) is 4.98 Å². The molecular weight excluding hydrogens is 580 g/mol. The highest BCUT2D eigenvalue weighted by Gasteiger charge is 2.15. The summed E-state index contributed by atoms with van der Waals surface area (Å²) < 4.78 is 48.6. The molecule has 14 heteroatoms. The molecule has 1 aromatic heterocycles. The first-order valence-corrected chi connectivity index (χ1v) is 15.4. The van der Waals surface area contributed by atoms with Crippen molar-refractivity contribution in [2.75, 3.05) is 28.6 Å². The van der Waals surface area contributed by atoms with Crippen LogP contribution in [0.4, 0.5) is 27.9 Å². The molecule has 1 amide bonds. The molecule has 4 N–H and O–H groups in total. The van der Waals surface area contributed by atoms with E-state index in [1.165, 1.54) is 12.1 Å². The Morgan fingerprint density at radius 1 is 1.05 bits per heavy atom. The van der Waals surface area contributed by atoms with Gasteiger partial charge in [-0.15, -0.1) is 10.6 Å². The standard InChI is InChI=1S/C28H29N6O6S2/c1-3-40-28(36)33-41(37)23-9-7-8-22(16-23)31-27-29-17-25(26(32-27)30-19(2)18-35)20-12-14-21(15-13-20)34-42(38,39)24-10-5-4-6-11-24/h4-17,19,34-35H,3,18H2,1-2H3,(H2,29,30,31,32)/q-1. The van der Waals surface area contributed by atoms with Crippen molar-refractivity contribution < 1.29 is 27.3 Å². The van der Waals surface area contributed by atoms with Crippen LogP contribution in [0.3, 0.4) is 0 Å². The van der Waals surface area contributed by atoms with Crippen LogP contribution in [0, 0.1) is 0 Å². The third-order valence-electron chi connectivity index (χ3n) is 5.66. The Bertz CT molecular complexity index is 1730. The summed E-state index contributed by atoms with van der Waals surface area (Å²) in [7, 11) is -5.70. The number of rotatable bonds is 11. The molecule has 0 fully saturated rings. The Labute approximate surface area is 245 Å². The zero-order valence-corrected chi connectivity index (χ0v) is 24.4. The van der Waals surface area contributed by atoms with Crippen molar-refractivity contribution in [2.45, 2.75) is 29.7 Å². The van der Waals surface area contributed by atoms with E-state index >= 15 is 0 Å². The van der Waals surface area contributed by atoms with E-state index in [2.05, 4.69) is 29.7 Å². The van der Waals surface area contributed by atoms with E-state index in [1.807, 2.05) is 0 Å². The lowest BCUT2D eigenvalue weighted by molar-refractivity contribution is 0.164. The quantitative estimate of drug-likeness (QED) is 0.167. The number of benzene rings is 3. The van der Waals surface area contributed by atoms with E-state index < -0.39 is 26.7 Å². The number of aliphatic hydroxyl groups is 1. The summed E-state index contributed by atoms with van der Waals surface area (Å²) >= 11 is 0. The molecule has 4 aromatic rings. The van der Waals surface area contributed by atoms with E-state index in [9.17, 15) is 22.5 Å². The lowest BCUT2D eigenvalue weighted by Gasteiger charge is -2.17. The Morgan fingerprint density at radius 2 is 1.79 bits per heavy atom. The largest absolute Gasteiger partial charge is 0.450 e. The van der Waals surface area contributed by atoms with Gasteiger partial charge in [0.25, 0.3) is 10.0 Å². The molecule has 1 heterocycles. The van der Waals surface area contributed by atoms with Gasteiger partial charge in [0.15, 0.2) is 0 Å². The van der Waals surface area contributed by atoms with Crippen molar-refractivity contribution in [3.63, 3.8) is 0 Å². The molecule has 3 aromatic carbocycles. The monoisotopic (exact) mass is 609 g/mol. The Morgan fingerprint density at radius 3 is 2.48 bits per heavy atom. The molecule has 4 rings (SSSR count). The number of hydrogen-bond donors (Lipinski definition) is 4. The van der Waals surface area contributed by atoms with Gasteiger partial charge in [-0.25, -0.2) is 18.2 Å². The Hall–Kier alpha value is -4.53. The van der Waals surface area contributed by atoms with Gasteiger partial charge >= 0.3 is 6.09 Å². The maximum absolute atomic E-state index is 12.7. The zero-order valence-electron chi connectivity index (χ0n) is 22.7. The second-order valence-corrected chi connectivity index (χ2v) is 11.7. The molecule has 0 radical (unpaired) electrons. The van der Waals surface area contributed by atoms with Crippen molar-refractivity contribution in [1.29, 1.82) is 0 Å². The second kappa shape index (κ2) is 13.9. The highest BCUT2D eigenvalue weighted by atomic mass is 32.2. The SMILES string of the molecule is CCOC(=O)N=[S-](=O)c1cccc(Nc2ncc(-c3ccc(NS(=O)(=O)c4ccccc4)cc3)c(NC(C)CO)n2)c1. The first-order valence-electron chi connectivity index (χ1n) is 12.8. The van der Waals surface area contributed by atoms with Crippen LogP contribution < -0.4 is 15.4 Å². The first kappa shape index (κ1) is 30.4. The summed E-state index contributed by atoms with van der Waals surface area (Å²) in [5.74, 6) is 0.632. The molecular formula is C28H29N6O6S2-. The minimum atomic E-state index is -3.74. The summed E-state index contributed by atoms with van der Waals surface area (Å²) in [6, 6.07) is 20.9. The smallest absolute Gasteiger partial charge is 0.410 e. The molecule has 42 heavy (non-hydrogen) atoms. The van der Waals surface area contributed by atoms with Crippen LogP contribution >= 0.6 is 0 Å². The van der Waals surface area contributed by atoms with E-state index in [0.29, 0.717) is 28.3 Å². The van der Waals surface area contributed by atoms with Crippen LogP contribution in [0.15, 0.2) is 99.2 Å². The number of ether oxygens (including phenoxy) is 1. The minimum absolute atomic E-state index is 0.122. The number of carbonyl (C=O) groups is 1. The molecule has 0 bridgehead atoms. The van der Waals surface area contributed by atoms with Crippen LogP contribution in [0.1, 0.15) is 13.8 Å². The van der Waals surface area contributed by atoms with Crippen molar-refractivity contribution >= 4 is 49.9 Å². The van der Waals surface area contributed by atoms with E-state index in [4.69, 9.17) is 4.74 Å². The molecule has 0 aliphatic carbocycles. The number of nitrogens with zero attached hydrogens (tertiary/aromatic N) is 3. The van der Waals surface area contributed by atoms with Gasteiger partial charge in [0.05, 0.1) is 18.1 Å². The van der Waals surface area contributed by atoms with Gasteiger partial charge in [0.1, 0.15) is 5.82 Å². The maximum Gasteiger partial charge on any atom is 0.410 e. The fourth-order valence-corrected chi connectivity index (χ4v) is 5.45. The van der Waals surface area contributed by atoms with Crippen LogP contribution in [0.25, 0.3) is 11.1 Å². The fourth-order valence-electron chi connectivity index (χ4n) is 3.66. The summed E-state index contributed by atoms with van der Waals surface area (Å²) in [5, 5.41) is 15.8. The lowest BCUT2D eigenvalue weighted by atomic mass is 10.1. The summed E-state index contributed by atoms with van der Waals surface area (Å²) in [4.78, 5) is 21.0. The number of hydrogen-bond acceptors (Lipinski definition) is 11. The van der Waals surface area contributed by atoms with Gasteiger partial charge in [0.2, 0.25) is 5.95 Å². The highest BCUT2D eigenvalue weighted by molar-refractivity contribution is 7.92. The first-order chi connectivity index (χ1) is 20.2. The molecule has 0 aliphatic rings. The summed E-state index contributed by atoms with van der Waals surface area (Å²) in [6.07, 6.45) is 0.673. The molecule has 1 atom stereocenters. The number of nitrogens with one attached hydrogen (secondary N) is 3. The van der Waals surface area contributed by atoms with Gasteiger partial charge in [-0.1, -0.05) is 53.4 Å². The summed E-state index contributed by atoms with van der Waals surface area (Å²) in [5.41, 5.74) is 2.20. The molecule has 12 nitrogen and oxygen atoms in total. The Balaban J connectivity index is 1.58. The van der Waals surface area contributed by atoms with Gasteiger partial charge in [0, 0.05) is 29.2 Å². The lowest BCUT2D eigenvalue weighted by Crippen LogP contribution is -2.21. The van der Waals surface area contributed by atoms with Crippen LogP contribution in [-0.4, -0.2) is 48.8 Å². The normalized spacial score (nSPS) is 12.7. The molecule has 0 spiro atoms. The molecule has 220 valence electrons. The predicted octanol–water partition coefficient (Wildman–Crippen LogP) is 5.14. The minimum Gasteiger partial charge on any atom is -0.450 e. The number of anilines is 4. The number of carbonyl (C=O) groups excluding carboxylic acids is 1. The van der Waals surface area contributed by atoms with E-state index in [1.54, 1.807) is 86.8 Å². The molecule has 1 unspecified atom stereocenters. The summed E-state index contributed by atoms with van der Waals surface area (Å²) in [6.45, 7) is 3.39. The van der Waals surface area contributed by atoms with Crippen molar-refractivity contribution in [3.8, 4) is 11.1 Å². The van der Waals surface area contributed by atoms with Crippen molar-refractivity contribution in [2.24, 2.45) is 4.36 Å². The molecule has 0 saturated heterocycles. The Kier molecular flexibility index (Phi) is 10.1. The maximum atomic E-state index is 12.7. The predicted molar refractivity (Wildman–Crippen MR) is 160 cm³/mol. The zero-order chi connectivity index (χ0) is 30.1. The van der Waals surface area contributed by atoms with Crippen molar-refractivity contribution in [1.82, 2.24) is 9.97 Å². The highest BCUT2D eigenvalue weighted by Crippen LogP contribution is 2.30. The number of sulfonamides is 1. The third-order valence-corrected chi connectivity index (χ3v) is 8.03. The number of aliphatic hydroxyl groups excluding tert-OH is 1. The van der Waals surface area contributed by atoms with Gasteiger partial charge in [-0.3, -0.25) is 9.08 Å². The molecule has 0 aliphatic heterocycles. The van der Waals surface area contributed by atoms with Crippen LogP contribution in [-0.2, 0) is 29.6 Å². The van der Waals surface area contributed by atoms with Gasteiger partial charge in [-0.05, 0) is 49.7 Å².